The van der Waals surface area contributed by atoms with Crippen LogP contribution in [0.1, 0.15) is 21.6 Å². The van der Waals surface area contributed by atoms with E-state index in [0.29, 0.717) is 17.2 Å². The Hall–Kier alpha value is -2.56. The number of fused-ring (bicyclic) bond motifs is 5. The summed E-state index contributed by atoms with van der Waals surface area (Å²) in [5.41, 5.74) is 4.89. The quantitative estimate of drug-likeness (QED) is 0.479. The number of benzene rings is 1. The molecule has 0 spiro atoms. The maximum atomic E-state index is 12.4. The zero-order valence-electron chi connectivity index (χ0n) is 10.5. The Morgan fingerprint density at radius 2 is 1.68 bits per heavy atom. The Morgan fingerprint density at radius 1 is 1.00 bits per heavy atom. The minimum atomic E-state index is -0.149. The fraction of sp³-hybridized carbons (Fsp3) is 0.143. The Morgan fingerprint density at radius 3 is 2.47 bits per heavy atom. The highest BCUT2D eigenvalue weighted by molar-refractivity contribution is 6.10. The Bertz CT molecular complexity index is 863. The molecule has 2 aromatic heterocycles. The van der Waals surface area contributed by atoms with E-state index in [4.69, 9.17) is 0 Å². The van der Waals surface area contributed by atoms with E-state index in [9.17, 15) is 4.79 Å². The van der Waals surface area contributed by atoms with E-state index < -0.39 is 0 Å². The van der Waals surface area contributed by atoms with Gasteiger partial charge in [0.2, 0.25) is 0 Å². The number of hydrogen-bond donors (Lipinski definition) is 0. The van der Waals surface area contributed by atoms with Crippen LogP contribution in [-0.2, 0) is 0 Å². The van der Waals surface area contributed by atoms with Crippen LogP contribution in [0.2, 0.25) is 0 Å². The molecule has 19 heavy (non-hydrogen) atoms. The average Bonchev–Trinajstić information content (AvgIpc) is 2.89. The molecule has 0 N–H and O–H groups in total. The van der Waals surface area contributed by atoms with Crippen molar-refractivity contribution < 1.29 is 4.79 Å². The minimum Gasteiger partial charge on any atom is -0.266 e. The molecule has 1 aliphatic heterocycles. The normalized spacial score (nSPS) is 12.8. The molecule has 0 fully saturated rings. The van der Waals surface area contributed by atoms with Crippen molar-refractivity contribution in [2.75, 3.05) is 0 Å². The number of nitrogens with zero attached hydrogens (tertiary/aromatic N) is 4. The first-order valence-electron chi connectivity index (χ1n) is 6.02. The lowest BCUT2D eigenvalue weighted by Crippen LogP contribution is -2.07. The SMILES string of the molecule is Cc1cc2nc3n(c2cc1C)C(=O)c1nccnc1-3. The van der Waals surface area contributed by atoms with Gasteiger partial charge in [0.1, 0.15) is 5.69 Å². The Kier molecular flexibility index (Phi) is 1.78. The summed E-state index contributed by atoms with van der Waals surface area (Å²) in [5, 5.41) is 0. The zero-order chi connectivity index (χ0) is 13.1. The number of carbonyl (C=O) groups is 1. The highest BCUT2D eigenvalue weighted by Crippen LogP contribution is 2.32. The van der Waals surface area contributed by atoms with E-state index in [0.717, 1.165) is 22.2 Å². The third-order valence-electron chi connectivity index (χ3n) is 3.59. The summed E-state index contributed by atoms with van der Waals surface area (Å²) in [6.45, 7) is 4.06. The first kappa shape index (κ1) is 10.4. The summed E-state index contributed by atoms with van der Waals surface area (Å²) in [5.74, 6) is 0.442. The lowest BCUT2D eigenvalue weighted by Gasteiger charge is -2.01. The van der Waals surface area contributed by atoms with Gasteiger partial charge in [0, 0.05) is 12.4 Å². The highest BCUT2D eigenvalue weighted by atomic mass is 16.2. The average molecular weight is 250 g/mol. The van der Waals surface area contributed by atoms with Crippen LogP contribution >= 0.6 is 0 Å². The van der Waals surface area contributed by atoms with Crippen molar-refractivity contribution in [2.24, 2.45) is 0 Å². The maximum absolute atomic E-state index is 12.4. The molecule has 5 heteroatoms. The molecule has 3 heterocycles. The second kappa shape index (κ2) is 3.26. The fourth-order valence-electron chi connectivity index (χ4n) is 2.46. The van der Waals surface area contributed by atoms with E-state index in [1.165, 1.54) is 6.20 Å². The Labute approximate surface area is 108 Å². The molecule has 0 saturated heterocycles. The van der Waals surface area contributed by atoms with Gasteiger partial charge in [0.25, 0.3) is 5.91 Å². The van der Waals surface area contributed by atoms with Gasteiger partial charge in [0.15, 0.2) is 11.5 Å². The molecule has 1 aliphatic rings. The lowest BCUT2D eigenvalue weighted by molar-refractivity contribution is 0.0969. The molecule has 5 nitrogen and oxygen atoms in total. The van der Waals surface area contributed by atoms with Crippen LogP contribution in [0.15, 0.2) is 24.5 Å². The van der Waals surface area contributed by atoms with Crippen molar-refractivity contribution in [3.8, 4) is 11.5 Å². The molecule has 0 radical (unpaired) electrons. The van der Waals surface area contributed by atoms with E-state index in [2.05, 4.69) is 15.0 Å². The smallest absolute Gasteiger partial charge is 0.266 e. The van der Waals surface area contributed by atoms with Crippen LogP contribution in [-0.4, -0.2) is 25.4 Å². The molecule has 4 rings (SSSR count). The third kappa shape index (κ3) is 1.19. The van der Waals surface area contributed by atoms with Crippen LogP contribution in [0.4, 0.5) is 0 Å². The van der Waals surface area contributed by atoms with E-state index in [1.54, 1.807) is 10.8 Å². The van der Waals surface area contributed by atoms with Gasteiger partial charge < -0.3 is 0 Å². The van der Waals surface area contributed by atoms with Crippen molar-refractivity contribution in [2.45, 2.75) is 13.8 Å². The number of hydrogen-bond acceptors (Lipinski definition) is 4. The topological polar surface area (TPSA) is 60.7 Å². The highest BCUT2D eigenvalue weighted by Gasteiger charge is 2.32. The van der Waals surface area contributed by atoms with Crippen LogP contribution in [0.5, 0.6) is 0 Å². The predicted octanol–water partition coefficient (Wildman–Crippen LogP) is 2.11. The van der Waals surface area contributed by atoms with E-state index in [-0.39, 0.29) is 5.91 Å². The number of imidazole rings is 1. The van der Waals surface area contributed by atoms with Crippen LogP contribution in [0.3, 0.4) is 0 Å². The van der Waals surface area contributed by atoms with Crippen molar-refractivity contribution in [3.05, 3.63) is 41.3 Å². The fourth-order valence-corrected chi connectivity index (χ4v) is 2.46. The van der Waals surface area contributed by atoms with Crippen molar-refractivity contribution in [1.82, 2.24) is 19.5 Å². The van der Waals surface area contributed by atoms with Gasteiger partial charge in [-0.05, 0) is 37.1 Å². The van der Waals surface area contributed by atoms with Crippen molar-refractivity contribution in [3.63, 3.8) is 0 Å². The number of rotatable bonds is 0. The van der Waals surface area contributed by atoms with Gasteiger partial charge >= 0.3 is 0 Å². The summed E-state index contributed by atoms with van der Waals surface area (Å²) in [7, 11) is 0. The van der Waals surface area contributed by atoms with E-state index in [1.807, 2.05) is 26.0 Å². The standard InChI is InChI=1S/C14H10N4O/c1-7-5-9-10(6-8(7)2)18-13(17-9)11-12(14(18)19)16-4-3-15-11/h3-6H,1-2H3. The van der Waals surface area contributed by atoms with Gasteiger partial charge in [-0.3, -0.25) is 9.36 Å². The van der Waals surface area contributed by atoms with Crippen LogP contribution < -0.4 is 0 Å². The minimum absolute atomic E-state index is 0.149. The first-order valence-corrected chi connectivity index (χ1v) is 6.02. The molecule has 0 unspecified atom stereocenters. The first-order chi connectivity index (χ1) is 9.16. The van der Waals surface area contributed by atoms with Crippen LogP contribution in [0, 0.1) is 13.8 Å². The monoisotopic (exact) mass is 250 g/mol. The number of aryl methyl sites for hydroxylation is 2. The molecule has 0 atom stereocenters. The lowest BCUT2D eigenvalue weighted by atomic mass is 10.1. The summed E-state index contributed by atoms with van der Waals surface area (Å²) in [6.07, 6.45) is 3.11. The second-order valence-electron chi connectivity index (χ2n) is 4.75. The number of aromatic nitrogens is 4. The van der Waals surface area contributed by atoms with Crippen molar-refractivity contribution >= 4 is 16.9 Å². The molecule has 1 aromatic carbocycles. The van der Waals surface area contributed by atoms with Gasteiger partial charge in [0.05, 0.1) is 11.0 Å². The second-order valence-corrected chi connectivity index (χ2v) is 4.75. The number of carbonyl (C=O) groups excluding carboxylic acids is 1. The predicted molar refractivity (Wildman–Crippen MR) is 70.0 cm³/mol. The third-order valence-corrected chi connectivity index (χ3v) is 3.59. The largest absolute Gasteiger partial charge is 0.285 e. The Balaban J connectivity index is 2.15. The molecule has 0 aliphatic carbocycles. The summed E-state index contributed by atoms with van der Waals surface area (Å²) in [6, 6.07) is 3.99. The van der Waals surface area contributed by atoms with Crippen molar-refractivity contribution in [1.29, 1.82) is 0 Å². The van der Waals surface area contributed by atoms with Crippen LogP contribution in [0.25, 0.3) is 22.6 Å². The molecule has 3 aromatic rings. The maximum Gasteiger partial charge on any atom is 0.285 e. The van der Waals surface area contributed by atoms with Gasteiger partial charge in [-0.1, -0.05) is 0 Å². The van der Waals surface area contributed by atoms with E-state index >= 15 is 0 Å². The summed E-state index contributed by atoms with van der Waals surface area (Å²) < 4.78 is 1.60. The molecular weight excluding hydrogens is 240 g/mol. The molecule has 0 bridgehead atoms. The molecule has 92 valence electrons. The molecule has 0 saturated carbocycles. The summed E-state index contributed by atoms with van der Waals surface area (Å²) >= 11 is 0. The van der Waals surface area contributed by atoms with Gasteiger partial charge in [-0.2, -0.15) is 0 Å². The van der Waals surface area contributed by atoms with Gasteiger partial charge in [-0.25, -0.2) is 15.0 Å². The van der Waals surface area contributed by atoms with Gasteiger partial charge in [-0.15, -0.1) is 0 Å². The molecule has 0 amide bonds. The summed E-state index contributed by atoms with van der Waals surface area (Å²) in [4.78, 5) is 25.2. The molecular formula is C14H10N4O. The zero-order valence-corrected chi connectivity index (χ0v) is 10.5.